The number of fused-ring (bicyclic) bond motifs is 1. The number of hydrogen-bond donors (Lipinski definition) is 1. The molecule has 0 aliphatic carbocycles. The fourth-order valence-corrected chi connectivity index (χ4v) is 3.75. The summed E-state index contributed by atoms with van der Waals surface area (Å²) in [6, 6.07) is 20.6. The largest absolute Gasteiger partial charge is 0.493 e. The van der Waals surface area contributed by atoms with E-state index >= 15 is 0 Å². The fraction of sp³-hybridized carbons (Fsp3) is 0.148. The molecule has 172 valence electrons. The molecule has 0 saturated heterocycles. The molecule has 3 aromatic carbocycles. The van der Waals surface area contributed by atoms with Gasteiger partial charge in [-0.15, -0.1) is 0 Å². The van der Waals surface area contributed by atoms with Crippen molar-refractivity contribution in [3.05, 3.63) is 105 Å². The third-order valence-corrected chi connectivity index (χ3v) is 5.22. The fourth-order valence-electron chi connectivity index (χ4n) is 3.75. The Kier molecular flexibility index (Phi) is 6.45. The number of rotatable bonds is 6. The Labute approximate surface area is 195 Å². The van der Waals surface area contributed by atoms with E-state index in [2.05, 4.69) is 5.32 Å². The summed E-state index contributed by atoms with van der Waals surface area (Å²) in [5, 5.41) is 3.29. The quantitative estimate of drug-likeness (QED) is 0.325. The Morgan fingerprint density at radius 3 is 2.29 bits per heavy atom. The molecule has 1 N–H and O–H groups in total. The number of para-hydroxylation sites is 1. The Balaban J connectivity index is 1.67. The summed E-state index contributed by atoms with van der Waals surface area (Å²) in [7, 11) is 1.45. The minimum Gasteiger partial charge on any atom is -0.493 e. The number of methoxy groups -OCH3 is 1. The molecule has 1 aromatic heterocycles. The van der Waals surface area contributed by atoms with E-state index in [0.29, 0.717) is 22.4 Å². The summed E-state index contributed by atoms with van der Waals surface area (Å²) in [6.07, 6.45) is -1.28. The van der Waals surface area contributed by atoms with Crippen LogP contribution in [-0.2, 0) is 9.53 Å². The van der Waals surface area contributed by atoms with Gasteiger partial charge in [-0.3, -0.25) is 4.79 Å². The van der Waals surface area contributed by atoms with Crippen molar-refractivity contribution in [1.29, 1.82) is 0 Å². The lowest BCUT2D eigenvalue weighted by molar-refractivity contribution is -0.125. The Bertz CT molecular complexity index is 1400. The molecular formula is C27H23NO6. The monoisotopic (exact) mass is 457 g/mol. The number of esters is 1. The summed E-state index contributed by atoms with van der Waals surface area (Å²) in [5.74, 6) is -1.15. The second kappa shape index (κ2) is 9.62. The van der Waals surface area contributed by atoms with E-state index in [1.54, 1.807) is 48.5 Å². The van der Waals surface area contributed by atoms with Crippen LogP contribution >= 0.6 is 0 Å². The smallest absolute Gasteiger partial charge is 0.351 e. The van der Waals surface area contributed by atoms with E-state index in [1.807, 2.05) is 32.0 Å². The van der Waals surface area contributed by atoms with E-state index < -0.39 is 23.6 Å². The first kappa shape index (κ1) is 22.8. The van der Waals surface area contributed by atoms with Crippen molar-refractivity contribution in [3.63, 3.8) is 0 Å². The predicted molar refractivity (Wildman–Crippen MR) is 128 cm³/mol. The van der Waals surface area contributed by atoms with Crippen molar-refractivity contribution >= 4 is 28.5 Å². The summed E-state index contributed by atoms with van der Waals surface area (Å²) < 4.78 is 16.1. The lowest BCUT2D eigenvalue weighted by Crippen LogP contribution is -2.27. The van der Waals surface area contributed by atoms with Crippen LogP contribution in [0.3, 0.4) is 0 Å². The number of anilines is 1. The van der Waals surface area contributed by atoms with Gasteiger partial charge < -0.3 is 19.2 Å². The zero-order chi connectivity index (χ0) is 24.2. The summed E-state index contributed by atoms with van der Waals surface area (Å²) >= 11 is 0. The van der Waals surface area contributed by atoms with Gasteiger partial charge in [0.2, 0.25) is 6.10 Å². The zero-order valence-electron chi connectivity index (χ0n) is 19.0. The Hall–Kier alpha value is -4.39. The van der Waals surface area contributed by atoms with Gasteiger partial charge in [0.15, 0.2) is 11.3 Å². The number of benzene rings is 3. The van der Waals surface area contributed by atoms with E-state index in [4.69, 9.17) is 13.9 Å². The molecule has 0 radical (unpaired) electrons. The van der Waals surface area contributed by atoms with Crippen LogP contribution < -0.4 is 15.7 Å². The molecule has 0 saturated carbocycles. The molecule has 0 bridgehead atoms. The van der Waals surface area contributed by atoms with E-state index in [0.717, 1.165) is 11.1 Å². The molecule has 0 aliphatic rings. The minimum atomic E-state index is -1.28. The number of nitrogens with one attached hydrogen (secondary N) is 1. The van der Waals surface area contributed by atoms with E-state index in [9.17, 15) is 14.4 Å². The van der Waals surface area contributed by atoms with Crippen molar-refractivity contribution in [2.24, 2.45) is 0 Å². The number of hydrogen-bond acceptors (Lipinski definition) is 6. The van der Waals surface area contributed by atoms with Crippen molar-refractivity contribution in [2.75, 3.05) is 12.4 Å². The molecule has 0 aliphatic heterocycles. The second-order valence-electron chi connectivity index (χ2n) is 7.89. The lowest BCUT2D eigenvalue weighted by atomic mass is 10.1. The van der Waals surface area contributed by atoms with Crippen molar-refractivity contribution in [2.45, 2.75) is 20.0 Å². The van der Waals surface area contributed by atoms with Gasteiger partial charge in [-0.2, -0.15) is 0 Å². The maximum Gasteiger partial charge on any atom is 0.351 e. The van der Waals surface area contributed by atoms with Crippen LogP contribution in [0.4, 0.5) is 5.69 Å². The zero-order valence-corrected chi connectivity index (χ0v) is 19.0. The molecule has 4 rings (SSSR count). The van der Waals surface area contributed by atoms with Crippen molar-refractivity contribution in [3.8, 4) is 5.75 Å². The highest BCUT2D eigenvalue weighted by Crippen LogP contribution is 2.26. The molecule has 7 nitrogen and oxygen atoms in total. The topological polar surface area (TPSA) is 94.8 Å². The average molecular weight is 457 g/mol. The standard InChI is InChI=1S/C27H23NO6/c1-16-12-17(2)14-20(13-16)28-25(29)24(18-8-5-4-6-9-18)34-27(31)21-15-19-10-7-11-22(32-3)23(19)33-26(21)30/h4-15,24H,1-3H3,(H,28,29)/t24-/m0/s1. The van der Waals surface area contributed by atoms with Crippen LogP contribution in [0.25, 0.3) is 11.0 Å². The summed E-state index contributed by atoms with van der Waals surface area (Å²) in [6.45, 7) is 3.84. The molecular weight excluding hydrogens is 434 g/mol. The lowest BCUT2D eigenvalue weighted by Gasteiger charge is -2.18. The highest BCUT2D eigenvalue weighted by atomic mass is 16.5. The third kappa shape index (κ3) is 4.83. The average Bonchev–Trinajstić information content (AvgIpc) is 2.81. The molecule has 1 atom stereocenters. The molecule has 34 heavy (non-hydrogen) atoms. The predicted octanol–water partition coefficient (Wildman–Crippen LogP) is 4.96. The Morgan fingerprint density at radius 2 is 1.62 bits per heavy atom. The van der Waals surface area contributed by atoms with Gasteiger partial charge in [-0.05, 0) is 49.2 Å². The van der Waals surface area contributed by atoms with Crippen molar-refractivity contribution < 1.29 is 23.5 Å². The number of carbonyl (C=O) groups is 2. The first-order valence-corrected chi connectivity index (χ1v) is 10.6. The molecule has 7 heteroatoms. The molecule has 0 unspecified atom stereocenters. The van der Waals surface area contributed by atoms with Crippen LogP contribution in [0.5, 0.6) is 5.75 Å². The Morgan fingerprint density at radius 1 is 0.912 bits per heavy atom. The number of amides is 1. The molecule has 0 spiro atoms. The first-order chi connectivity index (χ1) is 16.4. The normalized spacial score (nSPS) is 11.6. The van der Waals surface area contributed by atoms with Crippen LogP contribution in [0.15, 0.2) is 82.0 Å². The van der Waals surface area contributed by atoms with E-state index in [1.165, 1.54) is 13.2 Å². The van der Waals surface area contributed by atoms with E-state index in [-0.39, 0.29) is 11.1 Å². The van der Waals surface area contributed by atoms with Gasteiger partial charge >= 0.3 is 11.6 Å². The molecule has 4 aromatic rings. The highest BCUT2D eigenvalue weighted by Gasteiger charge is 2.28. The SMILES string of the molecule is COc1cccc2cc(C(=O)O[C@H](C(=O)Nc3cc(C)cc(C)c3)c3ccccc3)c(=O)oc12. The second-order valence-corrected chi connectivity index (χ2v) is 7.89. The third-order valence-electron chi connectivity index (χ3n) is 5.22. The van der Waals surface area contributed by atoms with Crippen LogP contribution in [-0.4, -0.2) is 19.0 Å². The molecule has 1 heterocycles. The van der Waals surface area contributed by atoms with Gasteiger partial charge in [0.1, 0.15) is 5.56 Å². The van der Waals surface area contributed by atoms with Gasteiger partial charge in [-0.1, -0.05) is 48.5 Å². The van der Waals surface area contributed by atoms with Crippen molar-refractivity contribution in [1.82, 2.24) is 0 Å². The number of aryl methyl sites for hydroxylation is 2. The first-order valence-electron chi connectivity index (χ1n) is 10.6. The minimum absolute atomic E-state index is 0.221. The van der Waals surface area contributed by atoms with Gasteiger partial charge in [0, 0.05) is 16.6 Å². The van der Waals surface area contributed by atoms with Crippen LogP contribution in [0, 0.1) is 13.8 Å². The van der Waals surface area contributed by atoms with Gasteiger partial charge in [-0.25, -0.2) is 9.59 Å². The maximum absolute atomic E-state index is 13.2. The van der Waals surface area contributed by atoms with Gasteiger partial charge in [0.05, 0.1) is 7.11 Å². The van der Waals surface area contributed by atoms with Crippen LogP contribution in [0.1, 0.15) is 33.2 Å². The highest BCUT2D eigenvalue weighted by molar-refractivity contribution is 5.99. The summed E-state index contributed by atoms with van der Waals surface area (Å²) in [4.78, 5) is 38.8. The van der Waals surface area contributed by atoms with Crippen LogP contribution in [0.2, 0.25) is 0 Å². The summed E-state index contributed by atoms with van der Waals surface area (Å²) in [5.41, 5.74) is 2.02. The van der Waals surface area contributed by atoms with Gasteiger partial charge in [0.25, 0.3) is 5.91 Å². The number of carbonyl (C=O) groups excluding carboxylic acids is 2. The number of ether oxygens (including phenoxy) is 2. The maximum atomic E-state index is 13.2. The molecule has 1 amide bonds. The molecule has 0 fully saturated rings.